The van der Waals surface area contributed by atoms with Gasteiger partial charge in [-0.15, -0.1) is 0 Å². The van der Waals surface area contributed by atoms with Gasteiger partial charge in [-0.25, -0.2) is 13.1 Å². The number of aliphatic hydroxyl groups is 1. The second kappa shape index (κ2) is 6.32. The van der Waals surface area contributed by atoms with Crippen molar-refractivity contribution >= 4 is 16.0 Å². The summed E-state index contributed by atoms with van der Waals surface area (Å²) in [5.41, 5.74) is 0. The quantitative estimate of drug-likeness (QED) is 0.639. The van der Waals surface area contributed by atoms with Gasteiger partial charge in [-0.05, 0) is 18.8 Å². The lowest BCUT2D eigenvalue weighted by Crippen LogP contribution is -2.40. The summed E-state index contributed by atoms with van der Waals surface area (Å²) in [7, 11) is -2.25. The van der Waals surface area contributed by atoms with Crippen LogP contribution in [0.5, 0.6) is 0 Å². The molecule has 1 fully saturated rings. The zero-order chi connectivity index (χ0) is 12.9. The Hall–Kier alpha value is -0.660. The van der Waals surface area contributed by atoms with E-state index in [-0.39, 0.29) is 30.7 Å². The van der Waals surface area contributed by atoms with E-state index in [0.29, 0.717) is 0 Å². The van der Waals surface area contributed by atoms with Crippen LogP contribution in [-0.2, 0) is 19.6 Å². The van der Waals surface area contributed by atoms with Crippen LogP contribution in [0.4, 0.5) is 0 Å². The highest BCUT2D eigenvalue weighted by Crippen LogP contribution is 2.25. The zero-order valence-electron chi connectivity index (χ0n) is 9.89. The molecule has 100 valence electrons. The predicted octanol–water partition coefficient (Wildman–Crippen LogP) is -0.370. The molecule has 1 aliphatic carbocycles. The normalized spacial score (nSPS) is 24.8. The fraction of sp³-hybridized carbons (Fsp3) is 0.900. The average molecular weight is 265 g/mol. The molecule has 0 saturated heterocycles. The maximum atomic E-state index is 11.7. The topological polar surface area (TPSA) is 92.7 Å². The van der Waals surface area contributed by atoms with Gasteiger partial charge >= 0.3 is 5.97 Å². The lowest BCUT2D eigenvalue weighted by Gasteiger charge is -2.18. The Kier molecular flexibility index (Phi) is 5.35. The van der Waals surface area contributed by atoms with Crippen molar-refractivity contribution in [2.24, 2.45) is 5.92 Å². The van der Waals surface area contributed by atoms with Crippen molar-refractivity contribution in [3.63, 3.8) is 0 Å². The van der Waals surface area contributed by atoms with Gasteiger partial charge in [0.15, 0.2) is 0 Å². The van der Waals surface area contributed by atoms with Crippen LogP contribution in [0.15, 0.2) is 0 Å². The molecule has 0 amide bonds. The molecule has 1 rings (SSSR count). The average Bonchev–Trinajstić information content (AvgIpc) is 2.72. The molecular weight excluding hydrogens is 246 g/mol. The van der Waals surface area contributed by atoms with Crippen molar-refractivity contribution in [1.29, 1.82) is 0 Å². The number of carbonyl (C=O) groups excluding carboxylic acids is 1. The minimum Gasteiger partial charge on any atom is -0.469 e. The summed E-state index contributed by atoms with van der Waals surface area (Å²) in [5, 5.41) is 9.08. The van der Waals surface area contributed by atoms with Crippen LogP contribution in [-0.4, -0.2) is 45.0 Å². The molecule has 0 spiro atoms. The Morgan fingerprint density at radius 3 is 2.76 bits per heavy atom. The lowest BCUT2D eigenvalue weighted by atomic mass is 10.1. The van der Waals surface area contributed by atoms with E-state index < -0.39 is 16.0 Å². The fourth-order valence-electron chi connectivity index (χ4n) is 2.02. The maximum absolute atomic E-state index is 11.7. The van der Waals surface area contributed by atoms with E-state index in [1.54, 1.807) is 0 Å². The third-order valence-corrected chi connectivity index (χ3v) is 4.43. The van der Waals surface area contributed by atoms with Gasteiger partial charge in [0.2, 0.25) is 10.0 Å². The first-order chi connectivity index (χ1) is 7.98. The molecule has 0 aromatic heterocycles. The molecule has 0 radical (unpaired) electrons. The van der Waals surface area contributed by atoms with Crippen molar-refractivity contribution in [2.75, 3.05) is 19.5 Å². The fourth-order valence-corrected chi connectivity index (χ4v) is 3.34. The maximum Gasteiger partial charge on any atom is 0.306 e. The monoisotopic (exact) mass is 265 g/mol. The molecule has 0 bridgehead atoms. The Morgan fingerprint density at radius 2 is 2.18 bits per heavy atom. The minimum atomic E-state index is -3.48. The summed E-state index contributed by atoms with van der Waals surface area (Å²) < 4.78 is 30.3. The van der Waals surface area contributed by atoms with Gasteiger partial charge in [0.1, 0.15) is 0 Å². The molecule has 2 unspecified atom stereocenters. The molecule has 17 heavy (non-hydrogen) atoms. The molecule has 0 aliphatic heterocycles. The minimum absolute atomic E-state index is 0.00973. The number of hydrogen-bond acceptors (Lipinski definition) is 5. The summed E-state index contributed by atoms with van der Waals surface area (Å²) in [5.74, 6) is -0.822. The number of nitrogens with one attached hydrogen (secondary N) is 1. The van der Waals surface area contributed by atoms with Gasteiger partial charge in [-0.2, -0.15) is 0 Å². The summed E-state index contributed by atoms with van der Waals surface area (Å²) in [4.78, 5) is 10.9. The van der Waals surface area contributed by atoms with E-state index in [9.17, 15) is 13.2 Å². The highest BCUT2D eigenvalue weighted by Gasteiger charge is 2.30. The first kappa shape index (κ1) is 14.4. The van der Waals surface area contributed by atoms with Crippen molar-refractivity contribution in [1.82, 2.24) is 4.72 Å². The number of ether oxygens (including phenoxy) is 1. The molecule has 2 N–H and O–H groups in total. The zero-order valence-corrected chi connectivity index (χ0v) is 10.7. The van der Waals surface area contributed by atoms with E-state index in [4.69, 9.17) is 5.11 Å². The molecule has 2 atom stereocenters. The number of rotatable bonds is 6. The van der Waals surface area contributed by atoms with Crippen LogP contribution < -0.4 is 4.72 Å². The SMILES string of the molecule is COC(=O)CCS(=O)(=O)NC1CCCC1CO. The second-order valence-electron chi connectivity index (χ2n) is 4.24. The molecule has 0 heterocycles. The van der Waals surface area contributed by atoms with Crippen LogP contribution in [0.1, 0.15) is 25.7 Å². The first-order valence-corrected chi connectivity index (χ1v) is 7.31. The largest absolute Gasteiger partial charge is 0.469 e. The number of sulfonamides is 1. The summed E-state index contributed by atoms with van der Waals surface area (Å²) in [6, 6.07) is -0.206. The van der Waals surface area contributed by atoms with Gasteiger partial charge in [-0.3, -0.25) is 4.79 Å². The highest BCUT2D eigenvalue weighted by molar-refractivity contribution is 7.89. The van der Waals surface area contributed by atoms with Crippen LogP contribution >= 0.6 is 0 Å². The van der Waals surface area contributed by atoms with E-state index in [1.807, 2.05) is 0 Å². The summed E-state index contributed by atoms with van der Waals surface area (Å²) in [6.07, 6.45) is 2.33. The molecular formula is C10H19NO5S. The van der Waals surface area contributed by atoms with Crippen LogP contribution in [0.25, 0.3) is 0 Å². The lowest BCUT2D eigenvalue weighted by molar-refractivity contribution is -0.140. The van der Waals surface area contributed by atoms with E-state index in [2.05, 4.69) is 9.46 Å². The molecule has 0 aromatic carbocycles. The molecule has 6 nitrogen and oxygen atoms in total. The van der Waals surface area contributed by atoms with Gasteiger partial charge in [0.25, 0.3) is 0 Å². The standard InChI is InChI=1S/C10H19NO5S/c1-16-10(13)5-6-17(14,15)11-9-4-2-3-8(9)7-12/h8-9,11-12H,2-7H2,1H3. The third kappa shape index (κ3) is 4.61. The Morgan fingerprint density at radius 1 is 1.47 bits per heavy atom. The number of carbonyl (C=O) groups is 1. The molecule has 1 aliphatic rings. The van der Waals surface area contributed by atoms with E-state index >= 15 is 0 Å². The highest BCUT2D eigenvalue weighted by atomic mass is 32.2. The molecule has 1 saturated carbocycles. The van der Waals surface area contributed by atoms with Crippen molar-refractivity contribution in [3.8, 4) is 0 Å². The molecule has 0 aromatic rings. The van der Waals surface area contributed by atoms with Crippen molar-refractivity contribution in [3.05, 3.63) is 0 Å². The number of hydrogen-bond donors (Lipinski definition) is 2. The van der Waals surface area contributed by atoms with Gasteiger partial charge in [0, 0.05) is 12.6 Å². The smallest absolute Gasteiger partial charge is 0.306 e. The third-order valence-electron chi connectivity index (χ3n) is 3.03. The second-order valence-corrected chi connectivity index (χ2v) is 6.12. The van der Waals surface area contributed by atoms with Crippen LogP contribution in [0, 0.1) is 5.92 Å². The Labute approximate surface area is 101 Å². The number of aliphatic hydroxyl groups excluding tert-OH is 1. The summed E-state index contributed by atoms with van der Waals surface area (Å²) in [6.45, 7) is -0.00973. The van der Waals surface area contributed by atoms with Gasteiger partial charge < -0.3 is 9.84 Å². The van der Waals surface area contributed by atoms with E-state index in [1.165, 1.54) is 7.11 Å². The van der Waals surface area contributed by atoms with Crippen LogP contribution in [0.3, 0.4) is 0 Å². The Bertz CT molecular complexity index is 354. The number of methoxy groups -OCH3 is 1. The van der Waals surface area contributed by atoms with Crippen molar-refractivity contribution in [2.45, 2.75) is 31.7 Å². The summed E-state index contributed by atoms with van der Waals surface area (Å²) >= 11 is 0. The predicted molar refractivity (Wildman–Crippen MR) is 61.8 cm³/mol. The van der Waals surface area contributed by atoms with Crippen molar-refractivity contribution < 1.29 is 23.1 Å². The van der Waals surface area contributed by atoms with Crippen LogP contribution in [0.2, 0.25) is 0 Å². The number of esters is 1. The molecule has 7 heteroatoms. The van der Waals surface area contributed by atoms with E-state index in [0.717, 1.165) is 19.3 Å². The van der Waals surface area contributed by atoms with Gasteiger partial charge in [-0.1, -0.05) is 6.42 Å². The first-order valence-electron chi connectivity index (χ1n) is 5.66. The van der Waals surface area contributed by atoms with Gasteiger partial charge in [0.05, 0.1) is 19.3 Å². The Balaban J connectivity index is 2.46.